The van der Waals surface area contributed by atoms with E-state index in [4.69, 9.17) is 0 Å². The highest BCUT2D eigenvalue weighted by molar-refractivity contribution is 7.17. The summed E-state index contributed by atoms with van der Waals surface area (Å²) in [4.78, 5) is 0. The fourth-order valence-corrected chi connectivity index (χ4v) is 3.03. The largest absolute Gasteiger partial charge is 0.381 e. The van der Waals surface area contributed by atoms with E-state index in [0.29, 0.717) is 12.1 Å². The van der Waals surface area contributed by atoms with Crippen LogP contribution in [0.5, 0.6) is 0 Å². The normalized spacial score (nSPS) is 10.8. The summed E-state index contributed by atoms with van der Waals surface area (Å²) >= 11 is 1.74. The summed E-state index contributed by atoms with van der Waals surface area (Å²) in [5.41, 5.74) is 2.74. The minimum atomic E-state index is -0.167. The highest BCUT2D eigenvalue weighted by Crippen LogP contribution is 2.26. The molecule has 0 spiro atoms. The number of hydrogen-bond acceptors (Lipinski definition) is 2. The zero-order valence-corrected chi connectivity index (χ0v) is 11.4. The zero-order valence-electron chi connectivity index (χ0n) is 10.6. The molecule has 3 aromatic rings. The molecule has 0 saturated heterocycles. The summed E-state index contributed by atoms with van der Waals surface area (Å²) in [5.74, 6) is -0.167. The van der Waals surface area contributed by atoms with E-state index in [0.717, 1.165) is 5.69 Å². The second-order valence-corrected chi connectivity index (χ2v) is 5.49. The van der Waals surface area contributed by atoms with Crippen LogP contribution < -0.4 is 5.32 Å². The monoisotopic (exact) mass is 271 g/mol. The van der Waals surface area contributed by atoms with Crippen molar-refractivity contribution in [2.75, 3.05) is 5.32 Å². The van der Waals surface area contributed by atoms with Crippen molar-refractivity contribution in [3.63, 3.8) is 0 Å². The molecule has 0 aliphatic carbocycles. The van der Waals surface area contributed by atoms with Gasteiger partial charge in [-0.2, -0.15) is 0 Å². The first-order valence-electron chi connectivity index (χ1n) is 6.19. The molecule has 19 heavy (non-hydrogen) atoms. The molecule has 0 aliphatic heterocycles. The Bertz CT molecular complexity index is 718. The highest BCUT2D eigenvalue weighted by Gasteiger charge is 2.04. The molecule has 1 nitrogen and oxygen atoms in total. The summed E-state index contributed by atoms with van der Waals surface area (Å²) in [7, 11) is 0. The molecule has 0 radical (unpaired) electrons. The zero-order chi connectivity index (χ0) is 13.2. The maximum atomic E-state index is 13.5. The van der Waals surface area contributed by atoms with Crippen LogP contribution >= 0.6 is 11.3 Å². The first-order chi connectivity index (χ1) is 9.24. The predicted octanol–water partition coefficient (Wildman–Crippen LogP) is 4.96. The Morgan fingerprint density at radius 3 is 2.84 bits per heavy atom. The lowest BCUT2D eigenvalue weighted by Crippen LogP contribution is -1.99. The van der Waals surface area contributed by atoms with E-state index < -0.39 is 0 Å². The molecule has 0 bridgehead atoms. The van der Waals surface area contributed by atoms with Gasteiger partial charge in [-0.3, -0.25) is 0 Å². The number of halogens is 1. The quantitative estimate of drug-likeness (QED) is 0.710. The number of anilines is 1. The minimum Gasteiger partial charge on any atom is -0.381 e. The number of aryl methyl sites for hydroxylation is 1. The molecule has 1 aromatic heterocycles. The molecule has 96 valence electrons. The van der Waals surface area contributed by atoms with Gasteiger partial charge in [-0.15, -0.1) is 11.3 Å². The second-order valence-electron chi connectivity index (χ2n) is 4.57. The number of fused-ring (bicyclic) bond motifs is 1. The third-order valence-electron chi connectivity index (χ3n) is 3.22. The van der Waals surface area contributed by atoms with Gasteiger partial charge >= 0.3 is 0 Å². The van der Waals surface area contributed by atoms with E-state index in [9.17, 15) is 4.39 Å². The lowest BCUT2D eigenvalue weighted by Gasteiger charge is -2.07. The SMILES string of the molecule is Cc1ccc(NCc2csc3ccccc23)cc1F. The van der Waals surface area contributed by atoms with Crippen LogP contribution in [0.2, 0.25) is 0 Å². The van der Waals surface area contributed by atoms with Crippen molar-refractivity contribution in [3.05, 3.63) is 64.8 Å². The Kier molecular flexibility index (Phi) is 3.22. The van der Waals surface area contributed by atoms with Gasteiger partial charge in [0.2, 0.25) is 0 Å². The topological polar surface area (TPSA) is 12.0 Å². The fourth-order valence-electron chi connectivity index (χ4n) is 2.07. The predicted molar refractivity (Wildman–Crippen MR) is 80.3 cm³/mol. The molecule has 0 unspecified atom stereocenters. The van der Waals surface area contributed by atoms with Gasteiger partial charge in [0.15, 0.2) is 0 Å². The van der Waals surface area contributed by atoms with E-state index in [2.05, 4.69) is 22.8 Å². The van der Waals surface area contributed by atoms with Crippen LogP contribution in [-0.4, -0.2) is 0 Å². The Balaban J connectivity index is 1.80. The van der Waals surface area contributed by atoms with Crippen LogP contribution in [0.15, 0.2) is 47.8 Å². The summed E-state index contributed by atoms with van der Waals surface area (Å²) in [6, 6.07) is 13.6. The summed E-state index contributed by atoms with van der Waals surface area (Å²) < 4.78 is 14.7. The van der Waals surface area contributed by atoms with Gasteiger partial charge < -0.3 is 5.32 Å². The van der Waals surface area contributed by atoms with Gasteiger partial charge in [-0.1, -0.05) is 24.3 Å². The smallest absolute Gasteiger partial charge is 0.128 e. The molecular weight excluding hydrogens is 257 g/mol. The fraction of sp³-hybridized carbons (Fsp3) is 0.125. The Morgan fingerprint density at radius 1 is 1.16 bits per heavy atom. The average Bonchev–Trinajstić information content (AvgIpc) is 2.83. The van der Waals surface area contributed by atoms with Crippen LogP contribution in [-0.2, 0) is 6.54 Å². The first-order valence-corrected chi connectivity index (χ1v) is 7.07. The Labute approximate surface area is 115 Å². The van der Waals surface area contributed by atoms with Gasteiger partial charge in [0.25, 0.3) is 0 Å². The van der Waals surface area contributed by atoms with Crippen LogP contribution in [0.3, 0.4) is 0 Å². The molecule has 1 heterocycles. The van der Waals surface area contributed by atoms with Gasteiger partial charge in [0.1, 0.15) is 5.82 Å². The first kappa shape index (κ1) is 12.2. The molecular formula is C16H14FNS. The molecule has 0 fully saturated rings. The van der Waals surface area contributed by atoms with Crippen molar-refractivity contribution >= 4 is 27.1 Å². The molecule has 0 atom stereocenters. The average molecular weight is 271 g/mol. The maximum absolute atomic E-state index is 13.5. The number of benzene rings is 2. The number of nitrogens with one attached hydrogen (secondary N) is 1. The van der Waals surface area contributed by atoms with E-state index >= 15 is 0 Å². The molecule has 0 saturated carbocycles. The van der Waals surface area contributed by atoms with E-state index in [-0.39, 0.29) is 5.82 Å². The third-order valence-corrected chi connectivity index (χ3v) is 4.23. The molecule has 3 heteroatoms. The standard InChI is InChI=1S/C16H14FNS/c1-11-6-7-13(8-15(11)17)18-9-12-10-19-16-5-3-2-4-14(12)16/h2-8,10,18H,9H2,1H3. The molecule has 0 aliphatic rings. The third kappa shape index (κ3) is 2.47. The van der Waals surface area contributed by atoms with Crippen LogP contribution in [0.4, 0.5) is 10.1 Å². The van der Waals surface area contributed by atoms with Crippen molar-refractivity contribution in [2.45, 2.75) is 13.5 Å². The summed E-state index contributed by atoms with van der Waals surface area (Å²) in [6.07, 6.45) is 0. The van der Waals surface area contributed by atoms with Crippen LogP contribution in [0, 0.1) is 12.7 Å². The molecule has 0 amide bonds. The maximum Gasteiger partial charge on any atom is 0.128 e. The van der Waals surface area contributed by atoms with Gasteiger partial charge in [0, 0.05) is 16.9 Å². The van der Waals surface area contributed by atoms with Crippen molar-refractivity contribution in [1.82, 2.24) is 0 Å². The number of hydrogen-bond donors (Lipinski definition) is 1. The van der Waals surface area contributed by atoms with Crippen LogP contribution in [0.25, 0.3) is 10.1 Å². The van der Waals surface area contributed by atoms with Crippen LogP contribution in [0.1, 0.15) is 11.1 Å². The van der Waals surface area contributed by atoms with Crippen molar-refractivity contribution in [3.8, 4) is 0 Å². The van der Waals surface area contributed by atoms with Gasteiger partial charge in [-0.25, -0.2) is 4.39 Å². The summed E-state index contributed by atoms with van der Waals surface area (Å²) in [6.45, 7) is 2.48. The minimum absolute atomic E-state index is 0.167. The molecule has 1 N–H and O–H groups in total. The van der Waals surface area contributed by atoms with Crippen molar-refractivity contribution in [1.29, 1.82) is 0 Å². The van der Waals surface area contributed by atoms with E-state index in [1.165, 1.54) is 15.6 Å². The number of rotatable bonds is 3. The van der Waals surface area contributed by atoms with Crippen molar-refractivity contribution in [2.24, 2.45) is 0 Å². The lowest BCUT2D eigenvalue weighted by molar-refractivity contribution is 0.619. The summed E-state index contributed by atoms with van der Waals surface area (Å²) in [5, 5.41) is 6.70. The Morgan fingerprint density at radius 2 is 2.00 bits per heavy atom. The van der Waals surface area contributed by atoms with E-state index in [1.807, 2.05) is 18.2 Å². The molecule has 2 aromatic carbocycles. The second kappa shape index (κ2) is 5.02. The Hall–Kier alpha value is -1.87. The molecule has 3 rings (SSSR count). The van der Waals surface area contributed by atoms with E-state index in [1.54, 1.807) is 30.4 Å². The lowest BCUT2D eigenvalue weighted by atomic mass is 10.1. The van der Waals surface area contributed by atoms with Gasteiger partial charge in [0.05, 0.1) is 0 Å². The highest BCUT2D eigenvalue weighted by atomic mass is 32.1. The van der Waals surface area contributed by atoms with Crippen molar-refractivity contribution < 1.29 is 4.39 Å². The van der Waals surface area contributed by atoms with Gasteiger partial charge in [-0.05, 0) is 47.0 Å². The number of thiophene rings is 1.